The number of pyridine rings is 1. The molecule has 10 nitrogen and oxygen atoms in total. The summed E-state index contributed by atoms with van der Waals surface area (Å²) in [5.41, 5.74) is 8.00. The van der Waals surface area contributed by atoms with Crippen LogP contribution in [0.4, 0.5) is 5.82 Å². The minimum absolute atomic E-state index is 0.00341. The first-order valence-electron chi connectivity index (χ1n) is 6.87. The van der Waals surface area contributed by atoms with E-state index in [9.17, 15) is 5.11 Å². The molecule has 0 bridgehead atoms. The van der Waals surface area contributed by atoms with Crippen LogP contribution >= 0.6 is 0 Å². The van der Waals surface area contributed by atoms with Crippen molar-refractivity contribution in [2.45, 2.75) is 6.92 Å². The van der Waals surface area contributed by atoms with Crippen LogP contribution in [-0.2, 0) is 0 Å². The summed E-state index contributed by atoms with van der Waals surface area (Å²) in [5, 5.41) is 16.8. The molecule has 120 valence electrons. The van der Waals surface area contributed by atoms with Crippen molar-refractivity contribution in [1.82, 2.24) is 29.7 Å². The predicted octanol–water partition coefficient (Wildman–Crippen LogP) is 1.56. The number of hydrogen-bond acceptors (Lipinski definition) is 9. The summed E-state index contributed by atoms with van der Waals surface area (Å²) >= 11 is 0. The molecule has 0 amide bonds. The molecule has 0 aliphatic heterocycles. The number of nitrogens with zero attached hydrogens (tertiary/aromatic N) is 6. The van der Waals surface area contributed by atoms with Crippen LogP contribution in [-0.4, -0.2) is 34.8 Å². The first-order valence-corrected chi connectivity index (χ1v) is 6.87. The van der Waals surface area contributed by atoms with E-state index >= 15 is 0 Å². The fourth-order valence-electron chi connectivity index (χ4n) is 2.28. The number of hydrogen-bond donors (Lipinski definition) is 2. The van der Waals surface area contributed by atoms with Gasteiger partial charge in [-0.15, -0.1) is 0 Å². The van der Waals surface area contributed by atoms with E-state index in [4.69, 9.17) is 10.5 Å². The van der Waals surface area contributed by atoms with E-state index in [-0.39, 0.29) is 11.6 Å². The van der Waals surface area contributed by atoms with Crippen LogP contribution < -0.4 is 10.5 Å². The first-order chi connectivity index (χ1) is 11.6. The average molecular weight is 325 g/mol. The fraction of sp³-hybridized carbons (Fsp3) is 0.0714. The molecular weight excluding hydrogens is 314 g/mol. The summed E-state index contributed by atoms with van der Waals surface area (Å²) in [4.78, 5) is 12.5. The highest BCUT2D eigenvalue weighted by Gasteiger charge is 2.18. The Bertz CT molecular complexity index is 1040. The van der Waals surface area contributed by atoms with Gasteiger partial charge in [-0.2, -0.15) is 0 Å². The highest BCUT2D eigenvalue weighted by molar-refractivity contribution is 5.70. The molecule has 4 aromatic heterocycles. The number of fused-ring (bicyclic) bond motifs is 1. The van der Waals surface area contributed by atoms with Crippen molar-refractivity contribution < 1.29 is 14.5 Å². The largest absolute Gasteiger partial charge is 0.506 e. The zero-order chi connectivity index (χ0) is 16.7. The summed E-state index contributed by atoms with van der Waals surface area (Å²) in [6.07, 6.45) is 5.99. The van der Waals surface area contributed by atoms with E-state index in [0.29, 0.717) is 28.7 Å². The summed E-state index contributed by atoms with van der Waals surface area (Å²) in [6, 6.07) is 1.44. The molecule has 0 aliphatic rings. The van der Waals surface area contributed by atoms with Crippen molar-refractivity contribution in [2.75, 3.05) is 5.73 Å². The van der Waals surface area contributed by atoms with Gasteiger partial charge >= 0.3 is 0 Å². The average Bonchev–Trinajstić information content (AvgIpc) is 3.11. The van der Waals surface area contributed by atoms with Gasteiger partial charge in [0.15, 0.2) is 22.9 Å². The molecule has 4 aromatic rings. The molecule has 0 saturated carbocycles. The number of nitrogen functional groups attached to an aromatic ring is 1. The molecule has 10 heteroatoms. The molecular formula is C14H11N7O3. The maximum absolute atomic E-state index is 9.43. The molecule has 0 aliphatic carbocycles. The lowest BCUT2D eigenvalue weighted by atomic mass is 10.2. The van der Waals surface area contributed by atoms with E-state index in [0.717, 1.165) is 5.69 Å². The molecule has 0 aromatic carbocycles. The van der Waals surface area contributed by atoms with Crippen LogP contribution in [0.5, 0.6) is 17.4 Å². The van der Waals surface area contributed by atoms with E-state index in [1.54, 1.807) is 16.8 Å². The molecule has 0 radical (unpaired) electrons. The van der Waals surface area contributed by atoms with Crippen LogP contribution in [0.25, 0.3) is 17.0 Å². The van der Waals surface area contributed by atoms with Crippen LogP contribution in [0, 0.1) is 6.92 Å². The Kier molecular flexibility index (Phi) is 3.02. The van der Waals surface area contributed by atoms with Gasteiger partial charge in [0.05, 0.1) is 24.8 Å². The summed E-state index contributed by atoms with van der Waals surface area (Å²) in [5.74, 6) is 0.846. The number of rotatable bonds is 3. The van der Waals surface area contributed by atoms with Gasteiger partial charge in [-0.05, 0) is 17.2 Å². The monoisotopic (exact) mass is 325 g/mol. The lowest BCUT2D eigenvalue weighted by Gasteiger charge is -2.05. The predicted molar refractivity (Wildman–Crippen MR) is 81.4 cm³/mol. The van der Waals surface area contributed by atoms with Gasteiger partial charge in [-0.1, -0.05) is 0 Å². The Hall–Kier alpha value is -3.69. The Morgan fingerprint density at radius 1 is 1.21 bits per heavy atom. The second-order valence-corrected chi connectivity index (χ2v) is 4.98. The van der Waals surface area contributed by atoms with Crippen LogP contribution in [0.2, 0.25) is 0 Å². The van der Waals surface area contributed by atoms with Gasteiger partial charge in [-0.3, -0.25) is 9.38 Å². The van der Waals surface area contributed by atoms with Gasteiger partial charge in [0.2, 0.25) is 5.88 Å². The number of aromatic nitrogens is 6. The molecule has 3 N–H and O–H groups in total. The number of anilines is 1. The molecule has 0 fully saturated rings. The number of aromatic hydroxyl groups is 1. The topological polar surface area (TPSA) is 137 Å². The second-order valence-electron chi connectivity index (χ2n) is 4.98. The summed E-state index contributed by atoms with van der Waals surface area (Å²) in [7, 11) is 0. The number of aryl methyl sites for hydroxylation is 1. The van der Waals surface area contributed by atoms with Crippen LogP contribution in [0.3, 0.4) is 0 Å². The smallest absolute Gasteiger partial charge is 0.236 e. The summed E-state index contributed by atoms with van der Waals surface area (Å²) < 4.78 is 12.0. The van der Waals surface area contributed by atoms with E-state index in [1.165, 1.54) is 18.5 Å². The molecule has 0 atom stereocenters. The normalized spacial score (nSPS) is 11.0. The van der Waals surface area contributed by atoms with Gasteiger partial charge in [0.25, 0.3) is 0 Å². The van der Waals surface area contributed by atoms with E-state index in [1.807, 2.05) is 6.92 Å². The maximum Gasteiger partial charge on any atom is 0.236 e. The Morgan fingerprint density at radius 2 is 2.08 bits per heavy atom. The van der Waals surface area contributed by atoms with Crippen LogP contribution in [0.15, 0.2) is 35.5 Å². The minimum Gasteiger partial charge on any atom is -0.506 e. The van der Waals surface area contributed by atoms with Crippen molar-refractivity contribution in [2.24, 2.45) is 0 Å². The van der Waals surface area contributed by atoms with Crippen LogP contribution in [0.1, 0.15) is 5.69 Å². The standard InChI is InChI=1S/C14H11N7O3/c1-7-12(13-14(15)20-24-19-13)18-10-5-17-11(6-21(7)10)23-9-2-8(22)3-16-4-9/h2-6,22H,1H3,(H2,15,20). The minimum atomic E-state index is 0.00341. The van der Waals surface area contributed by atoms with Crippen molar-refractivity contribution in [3.63, 3.8) is 0 Å². The number of ether oxygens (including phenoxy) is 1. The number of nitrogens with two attached hydrogens (primary N) is 1. The summed E-state index contributed by atoms with van der Waals surface area (Å²) in [6.45, 7) is 1.85. The molecule has 0 saturated heterocycles. The SMILES string of the molecule is Cc1c(-c2nonc2N)nc2cnc(Oc3cncc(O)c3)cn12. The third-order valence-electron chi connectivity index (χ3n) is 3.38. The quantitative estimate of drug-likeness (QED) is 0.574. The third kappa shape index (κ3) is 2.26. The van der Waals surface area contributed by atoms with E-state index in [2.05, 4.69) is 29.9 Å². The highest BCUT2D eigenvalue weighted by atomic mass is 16.6. The third-order valence-corrected chi connectivity index (χ3v) is 3.38. The van der Waals surface area contributed by atoms with E-state index < -0.39 is 0 Å². The lowest BCUT2D eigenvalue weighted by Crippen LogP contribution is -1.94. The first kappa shape index (κ1) is 13.9. The van der Waals surface area contributed by atoms with Gasteiger partial charge < -0.3 is 15.6 Å². The zero-order valence-electron chi connectivity index (χ0n) is 12.4. The molecule has 24 heavy (non-hydrogen) atoms. The van der Waals surface area contributed by atoms with Crippen molar-refractivity contribution in [3.05, 3.63) is 36.5 Å². The zero-order valence-corrected chi connectivity index (χ0v) is 12.4. The Labute approximate surface area is 134 Å². The fourth-order valence-corrected chi connectivity index (χ4v) is 2.28. The van der Waals surface area contributed by atoms with Gasteiger partial charge in [-0.25, -0.2) is 14.6 Å². The second kappa shape index (κ2) is 5.19. The van der Waals surface area contributed by atoms with Gasteiger partial charge in [0, 0.05) is 11.8 Å². The van der Waals surface area contributed by atoms with Crippen molar-refractivity contribution >= 4 is 11.5 Å². The number of imidazole rings is 1. The van der Waals surface area contributed by atoms with Crippen molar-refractivity contribution in [3.8, 4) is 28.8 Å². The van der Waals surface area contributed by atoms with Crippen molar-refractivity contribution in [1.29, 1.82) is 0 Å². The Balaban J connectivity index is 1.76. The molecule has 0 unspecified atom stereocenters. The molecule has 0 spiro atoms. The Morgan fingerprint density at radius 3 is 2.83 bits per heavy atom. The maximum atomic E-state index is 9.43. The lowest BCUT2D eigenvalue weighted by molar-refractivity contribution is 0.310. The molecule has 4 heterocycles. The molecule has 4 rings (SSSR count). The highest BCUT2D eigenvalue weighted by Crippen LogP contribution is 2.27. The van der Waals surface area contributed by atoms with Gasteiger partial charge in [0.1, 0.15) is 11.4 Å².